The smallest absolute Gasteiger partial charge is 0.147 e. The second-order valence-corrected chi connectivity index (χ2v) is 3.20. The Morgan fingerprint density at radius 3 is 2.57 bits per heavy atom. The summed E-state index contributed by atoms with van der Waals surface area (Å²) in [5, 5.41) is 8.86. The van der Waals surface area contributed by atoms with E-state index in [0.29, 0.717) is 6.54 Å². The molecule has 0 aromatic carbocycles. The van der Waals surface area contributed by atoms with Crippen molar-refractivity contribution in [3.8, 4) is 0 Å². The van der Waals surface area contributed by atoms with E-state index in [9.17, 15) is 0 Å². The van der Waals surface area contributed by atoms with Gasteiger partial charge < -0.3 is 10.0 Å². The van der Waals surface area contributed by atoms with E-state index >= 15 is 0 Å². The van der Waals surface area contributed by atoms with Gasteiger partial charge in [0.25, 0.3) is 0 Å². The highest BCUT2D eigenvalue weighted by molar-refractivity contribution is 5.37. The molecule has 1 N–H and O–H groups in total. The maximum atomic E-state index is 8.86. The summed E-state index contributed by atoms with van der Waals surface area (Å²) in [5.74, 6) is 0.838. The average molecular weight is 195 g/mol. The van der Waals surface area contributed by atoms with Gasteiger partial charge >= 0.3 is 0 Å². The maximum Gasteiger partial charge on any atom is 0.147 e. The number of hydrogen-bond donors (Lipinski definition) is 1. The van der Waals surface area contributed by atoms with Crippen molar-refractivity contribution in [2.75, 3.05) is 24.6 Å². The van der Waals surface area contributed by atoms with Gasteiger partial charge in [-0.05, 0) is 20.8 Å². The fourth-order valence-corrected chi connectivity index (χ4v) is 1.24. The molecule has 4 nitrogen and oxygen atoms in total. The molecule has 0 fully saturated rings. The van der Waals surface area contributed by atoms with Crippen LogP contribution in [-0.4, -0.2) is 34.8 Å². The fourth-order valence-electron chi connectivity index (χ4n) is 1.24. The quantitative estimate of drug-likeness (QED) is 0.776. The topological polar surface area (TPSA) is 49.2 Å². The van der Waals surface area contributed by atoms with E-state index in [1.54, 1.807) is 6.20 Å². The number of anilines is 1. The number of hydrogen-bond acceptors (Lipinski definition) is 4. The highest BCUT2D eigenvalue weighted by atomic mass is 16.3. The average Bonchev–Trinajstić information content (AvgIpc) is 2.19. The predicted octanol–water partition coefficient (Wildman–Crippen LogP) is 0.912. The molecule has 0 spiro atoms. The zero-order valence-electron chi connectivity index (χ0n) is 8.99. The first-order chi connectivity index (χ1) is 6.69. The van der Waals surface area contributed by atoms with Crippen LogP contribution in [0.15, 0.2) is 6.20 Å². The van der Waals surface area contributed by atoms with Gasteiger partial charge in [-0.25, -0.2) is 4.98 Å². The van der Waals surface area contributed by atoms with Crippen molar-refractivity contribution in [3.63, 3.8) is 0 Å². The summed E-state index contributed by atoms with van der Waals surface area (Å²) >= 11 is 0. The first-order valence-electron chi connectivity index (χ1n) is 4.85. The zero-order valence-corrected chi connectivity index (χ0v) is 8.99. The molecule has 0 bridgehead atoms. The molecule has 0 radical (unpaired) electrons. The van der Waals surface area contributed by atoms with Crippen molar-refractivity contribution >= 4 is 5.82 Å². The molecule has 0 aliphatic carbocycles. The molecule has 1 aromatic heterocycles. The molecule has 1 aromatic rings. The minimum atomic E-state index is 0.141. The summed E-state index contributed by atoms with van der Waals surface area (Å²) in [5.41, 5.74) is 1.90. The Labute approximate surface area is 84.6 Å². The van der Waals surface area contributed by atoms with Crippen LogP contribution >= 0.6 is 0 Å². The standard InChI is InChI=1S/C10H17N3O/c1-4-13(5-6-14)10-7-11-8(2)9(3)12-10/h7,14H,4-6H2,1-3H3. The number of rotatable bonds is 4. The Balaban J connectivity index is 2.88. The third-order valence-electron chi connectivity index (χ3n) is 2.26. The van der Waals surface area contributed by atoms with Crippen LogP contribution in [0.4, 0.5) is 5.82 Å². The Kier molecular flexibility index (Phi) is 3.83. The Bertz CT molecular complexity index is 301. The molecule has 0 saturated heterocycles. The van der Waals surface area contributed by atoms with Gasteiger partial charge in [0.1, 0.15) is 5.82 Å². The first-order valence-corrected chi connectivity index (χ1v) is 4.85. The van der Waals surface area contributed by atoms with Crippen molar-refractivity contribution in [1.29, 1.82) is 0 Å². The predicted molar refractivity (Wildman–Crippen MR) is 56.5 cm³/mol. The molecule has 0 aliphatic rings. The number of aliphatic hydroxyl groups excluding tert-OH is 1. The lowest BCUT2D eigenvalue weighted by Gasteiger charge is -2.20. The largest absolute Gasteiger partial charge is 0.395 e. The zero-order chi connectivity index (χ0) is 10.6. The Morgan fingerprint density at radius 2 is 2.07 bits per heavy atom. The van der Waals surface area contributed by atoms with Crippen molar-refractivity contribution in [2.45, 2.75) is 20.8 Å². The molecule has 1 heterocycles. The normalized spacial score (nSPS) is 10.3. The van der Waals surface area contributed by atoms with Gasteiger partial charge in [-0.1, -0.05) is 0 Å². The second-order valence-electron chi connectivity index (χ2n) is 3.20. The summed E-state index contributed by atoms with van der Waals surface area (Å²) in [7, 11) is 0. The van der Waals surface area contributed by atoms with Gasteiger partial charge in [-0.15, -0.1) is 0 Å². The van der Waals surface area contributed by atoms with Crippen LogP contribution in [0, 0.1) is 13.8 Å². The van der Waals surface area contributed by atoms with Gasteiger partial charge in [0, 0.05) is 13.1 Å². The summed E-state index contributed by atoms with van der Waals surface area (Å²) in [6.07, 6.45) is 1.75. The van der Waals surface area contributed by atoms with Gasteiger partial charge in [0.15, 0.2) is 0 Å². The van der Waals surface area contributed by atoms with Gasteiger partial charge in [0.2, 0.25) is 0 Å². The maximum absolute atomic E-state index is 8.86. The van der Waals surface area contributed by atoms with E-state index < -0.39 is 0 Å². The van der Waals surface area contributed by atoms with Gasteiger partial charge in [-0.3, -0.25) is 4.98 Å². The molecule has 14 heavy (non-hydrogen) atoms. The third kappa shape index (κ3) is 2.42. The van der Waals surface area contributed by atoms with Crippen LogP contribution in [0.25, 0.3) is 0 Å². The third-order valence-corrected chi connectivity index (χ3v) is 2.26. The fraction of sp³-hybridized carbons (Fsp3) is 0.600. The lowest BCUT2D eigenvalue weighted by Crippen LogP contribution is -2.27. The molecule has 0 aliphatic heterocycles. The number of likely N-dealkylation sites (N-methyl/N-ethyl adjacent to an activating group) is 1. The molecular formula is C10H17N3O. The Hall–Kier alpha value is -1.16. The molecule has 1 rings (SSSR count). The van der Waals surface area contributed by atoms with E-state index in [0.717, 1.165) is 23.8 Å². The van der Waals surface area contributed by atoms with Crippen LogP contribution in [0.5, 0.6) is 0 Å². The number of aryl methyl sites for hydroxylation is 2. The van der Waals surface area contributed by atoms with E-state index in [1.807, 2.05) is 25.7 Å². The second kappa shape index (κ2) is 4.91. The summed E-state index contributed by atoms with van der Waals surface area (Å²) < 4.78 is 0. The van der Waals surface area contributed by atoms with E-state index in [4.69, 9.17) is 5.11 Å². The molecule has 0 amide bonds. The number of nitrogens with zero attached hydrogens (tertiary/aromatic N) is 3. The van der Waals surface area contributed by atoms with Gasteiger partial charge in [-0.2, -0.15) is 0 Å². The van der Waals surface area contributed by atoms with Crippen LogP contribution < -0.4 is 4.90 Å². The van der Waals surface area contributed by atoms with Crippen molar-refractivity contribution in [3.05, 3.63) is 17.6 Å². The molecule has 0 unspecified atom stereocenters. The SMILES string of the molecule is CCN(CCO)c1cnc(C)c(C)n1. The highest BCUT2D eigenvalue weighted by Crippen LogP contribution is 2.10. The van der Waals surface area contributed by atoms with E-state index in [2.05, 4.69) is 9.97 Å². The summed E-state index contributed by atoms with van der Waals surface area (Å²) in [6.45, 7) is 7.49. The van der Waals surface area contributed by atoms with Crippen LogP contribution in [0.3, 0.4) is 0 Å². The van der Waals surface area contributed by atoms with Crippen LogP contribution in [-0.2, 0) is 0 Å². The van der Waals surface area contributed by atoms with Crippen LogP contribution in [0.2, 0.25) is 0 Å². The summed E-state index contributed by atoms with van der Waals surface area (Å²) in [6, 6.07) is 0. The van der Waals surface area contributed by atoms with Crippen molar-refractivity contribution in [2.24, 2.45) is 0 Å². The van der Waals surface area contributed by atoms with E-state index in [-0.39, 0.29) is 6.61 Å². The van der Waals surface area contributed by atoms with Crippen LogP contribution in [0.1, 0.15) is 18.3 Å². The minimum absolute atomic E-state index is 0.141. The summed E-state index contributed by atoms with van der Waals surface area (Å²) in [4.78, 5) is 10.7. The van der Waals surface area contributed by atoms with E-state index in [1.165, 1.54) is 0 Å². The lowest BCUT2D eigenvalue weighted by molar-refractivity contribution is 0.302. The number of aromatic nitrogens is 2. The number of aliphatic hydroxyl groups is 1. The monoisotopic (exact) mass is 195 g/mol. The highest BCUT2D eigenvalue weighted by Gasteiger charge is 2.06. The Morgan fingerprint density at radius 1 is 1.36 bits per heavy atom. The molecule has 0 atom stereocenters. The van der Waals surface area contributed by atoms with Crippen molar-refractivity contribution < 1.29 is 5.11 Å². The molecule has 0 saturated carbocycles. The molecule has 4 heteroatoms. The molecule has 78 valence electrons. The van der Waals surface area contributed by atoms with Crippen molar-refractivity contribution in [1.82, 2.24) is 9.97 Å². The van der Waals surface area contributed by atoms with Gasteiger partial charge in [0.05, 0.1) is 24.2 Å². The lowest BCUT2D eigenvalue weighted by atomic mass is 10.3. The minimum Gasteiger partial charge on any atom is -0.395 e. The first kappa shape index (κ1) is 10.9. The molecular weight excluding hydrogens is 178 g/mol.